The fraction of sp³-hybridized carbons (Fsp3) is 0.611. The molecule has 126 valence electrons. The molecular weight excluding hydrogens is 290 g/mol. The average molecular weight is 317 g/mol. The molecule has 1 aliphatic heterocycles. The van der Waals surface area contributed by atoms with Crippen LogP contribution >= 0.6 is 0 Å². The molecule has 3 rings (SSSR count). The largest absolute Gasteiger partial charge is 0.468 e. The Bertz CT molecular complexity index is 605. The van der Waals surface area contributed by atoms with Crippen LogP contribution in [0.1, 0.15) is 51.1 Å². The maximum absolute atomic E-state index is 5.99. The van der Waals surface area contributed by atoms with Crippen LogP contribution in [-0.2, 0) is 12.0 Å². The maximum atomic E-state index is 5.99. The van der Waals surface area contributed by atoms with E-state index in [2.05, 4.69) is 42.5 Å². The van der Waals surface area contributed by atoms with Gasteiger partial charge in [0.15, 0.2) is 0 Å². The lowest BCUT2D eigenvalue weighted by atomic mass is 9.94. The minimum atomic E-state index is 0.00665. The van der Waals surface area contributed by atoms with Gasteiger partial charge in [0.2, 0.25) is 5.89 Å². The number of rotatable bonds is 4. The molecule has 3 heterocycles. The molecule has 23 heavy (non-hydrogen) atoms. The van der Waals surface area contributed by atoms with Gasteiger partial charge in [-0.2, -0.15) is 0 Å². The summed E-state index contributed by atoms with van der Waals surface area (Å²) in [4.78, 5) is 9.37. The van der Waals surface area contributed by atoms with Gasteiger partial charge < -0.3 is 8.83 Å². The van der Waals surface area contributed by atoms with E-state index in [0.717, 1.165) is 50.1 Å². The number of hydrogen-bond donors (Lipinski definition) is 0. The Morgan fingerprint density at radius 1 is 1.22 bits per heavy atom. The molecule has 0 aromatic carbocycles. The summed E-state index contributed by atoms with van der Waals surface area (Å²) in [6.07, 6.45) is 3.61. The van der Waals surface area contributed by atoms with Crippen molar-refractivity contribution in [2.75, 3.05) is 26.2 Å². The Kier molecular flexibility index (Phi) is 4.60. The van der Waals surface area contributed by atoms with Gasteiger partial charge in [0, 0.05) is 31.6 Å². The fourth-order valence-electron chi connectivity index (χ4n) is 2.92. The van der Waals surface area contributed by atoms with E-state index in [1.165, 1.54) is 0 Å². The molecular formula is C18H27N3O2. The summed E-state index contributed by atoms with van der Waals surface area (Å²) in [5.74, 6) is 2.82. The first-order chi connectivity index (χ1) is 10.9. The number of furan rings is 1. The van der Waals surface area contributed by atoms with E-state index in [0.29, 0.717) is 0 Å². The summed E-state index contributed by atoms with van der Waals surface area (Å²) >= 11 is 0. The van der Waals surface area contributed by atoms with Crippen LogP contribution in [0.2, 0.25) is 0 Å². The first-order valence-electron chi connectivity index (χ1n) is 8.38. The SMILES string of the molecule is C[C@H](c1ncc(C(C)(C)C)o1)N1CCN(Cc2ccco2)CC1. The van der Waals surface area contributed by atoms with Gasteiger partial charge in [-0.25, -0.2) is 4.98 Å². The highest BCUT2D eigenvalue weighted by molar-refractivity contribution is 5.07. The van der Waals surface area contributed by atoms with Gasteiger partial charge in [0.1, 0.15) is 11.5 Å². The number of hydrogen-bond acceptors (Lipinski definition) is 5. The standard InChI is InChI=1S/C18H27N3O2/c1-14(17-19-12-16(23-17)18(2,3)4)21-9-7-20(8-10-21)13-15-6-5-11-22-15/h5-6,11-12,14H,7-10,13H2,1-4H3/t14-/m1/s1. The van der Waals surface area contributed by atoms with Crippen molar-refractivity contribution in [3.8, 4) is 0 Å². The van der Waals surface area contributed by atoms with E-state index < -0.39 is 0 Å². The second-order valence-electron chi connectivity index (χ2n) is 7.38. The summed E-state index contributed by atoms with van der Waals surface area (Å²) in [7, 11) is 0. The predicted octanol–water partition coefficient (Wildman–Crippen LogP) is 3.44. The number of aromatic nitrogens is 1. The van der Waals surface area contributed by atoms with Gasteiger partial charge in [-0.3, -0.25) is 9.80 Å². The third-order valence-electron chi connectivity index (χ3n) is 4.53. The zero-order chi connectivity index (χ0) is 16.4. The van der Waals surface area contributed by atoms with Gasteiger partial charge in [-0.05, 0) is 19.1 Å². The molecule has 1 saturated heterocycles. The summed E-state index contributed by atoms with van der Waals surface area (Å²) < 4.78 is 11.4. The van der Waals surface area contributed by atoms with Crippen LogP contribution in [0, 0.1) is 0 Å². The molecule has 0 saturated carbocycles. The highest BCUT2D eigenvalue weighted by Crippen LogP contribution is 2.27. The van der Waals surface area contributed by atoms with Crippen LogP contribution in [-0.4, -0.2) is 41.0 Å². The molecule has 0 spiro atoms. The quantitative estimate of drug-likeness (QED) is 0.864. The third-order valence-corrected chi connectivity index (χ3v) is 4.53. The molecule has 5 heteroatoms. The highest BCUT2D eigenvalue weighted by atomic mass is 16.4. The molecule has 0 unspecified atom stereocenters. The molecule has 1 fully saturated rings. The van der Waals surface area contributed by atoms with Crippen molar-refractivity contribution in [3.63, 3.8) is 0 Å². The lowest BCUT2D eigenvalue weighted by Gasteiger charge is -2.36. The van der Waals surface area contributed by atoms with Gasteiger partial charge in [-0.1, -0.05) is 20.8 Å². The van der Waals surface area contributed by atoms with Crippen molar-refractivity contribution >= 4 is 0 Å². The monoisotopic (exact) mass is 317 g/mol. The van der Waals surface area contributed by atoms with E-state index in [4.69, 9.17) is 8.83 Å². The maximum Gasteiger partial charge on any atom is 0.211 e. The molecule has 0 radical (unpaired) electrons. The van der Waals surface area contributed by atoms with E-state index in [-0.39, 0.29) is 11.5 Å². The Morgan fingerprint density at radius 3 is 2.52 bits per heavy atom. The van der Waals surface area contributed by atoms with Crippen molar-refractivity contribution in [2.45, 2.75) is 45.7 Å². The zero-order valence-corrected chi connectivity index (χ0v) is 14.6. The third kappa shape index (κ3) is 3.85. The number of nitrogens with zero attached hydrogens (tertiary/aromatic N) is 3. The molecule has 2 aromatic heterocycles. The molecule has 1 aliphatic rings. The second-order valence-corrected chi connectivity index (χ2v) is 7.38. The van der Waals surface area contributed by atoms with Crippen LogP contribution in [0.5, 0.6) is 0 Å². The van der Waals surface area contributed by atoms with Crippen LogP contribution in [0.25, 0.3) is 0 Å². The molecule has 0 N–H and O–H groups in total. The van der Waals surface area contributed by atoms with Gasteiger partial charge >= 0.3 is 0 Å². The van der Waals surface area contributed by atoms with E-state index in [1.807, 2.05) is 18.3 Å². The van der Waals surface area contributed by atoms with Crippen LogP contribution in [0.15, 0.2) is 33.4 Å². The van der Waals surface area contributed by atoms with Gasteiger partial charge in [-0.15, -0.1) is 0 Å². The van der Waals surface area contributed by atoms with Gasteiger partial charge in [0.05, 0.1) is 25.0 Å². The Hall–Kier alpha value is -1.59. The van der Waals surface area contributed by atoms with Crippen molar-refractivity contribution in [1.82, 2.24) is 14.8 Å². The smallest absolute Gasteiger partial charge is 0.211 e. The van der Waals surface area contributed by atoms with Crippen LogP contribution in [0.3, 0.4) is 0 Å². The minimum Gasteiger partial charge on any atom is -0.468 e. The number of oxazole rings is 1. The molecule has 1 atom stereocenters. The Labute approximate surface area is 138 Å². The lowest BCUT2D eigenvalue weighted by molar-refractivity contribution is 0.0825. The molecule has 0 amide bonds. The number of piperazine rings is 1. The molecule has 5 nitrogen and oxygen atoms in total. The Morgan fingerprint density at radius 2 is 1.96 bits per heavy atom. The average Bonchev–Trinajstić information content (AvgIpc) is 3.18. The summed E-state index contributed by atoms with van der Waals surface area (Å²) in [5, 5.41) is 0. The van der Waals surface area contributed by atoms with Crippen LogP contribution in [0.4, 0.5) is 0 Å². The van der Waals surface area contributed by atoms with E-state index in [9.17, 15) is 0 Å². The van der Waals surface area contributed by atoms with Crippen molar-refractivity contribution in [1.29, 1.82) is 0 Å². The first-order valence-corrected chi connectivity index (χ1v) is 8.38. The lowest BCUT2D eigenvalue weighted by Crippen LogP contribution is -2.46. The van der Waals surface area contributed by atoms with Crippen molar-refractivity contribution < 1.29 is 8.83 Å². The molecule has 0 bridgehead atoms. The molecule has 0 aliphatic carbocycles. The molecule has 2 aromatic rings. The van der Waals surface area contributed by atoms with Crippen molar-refractivity contribution in [2.24, 2.45) is 0 Å². The van der Waals surface area contributed by atoms with Crippen LogP contribution < -0.4 is 0 Å². The summed E-state index contributed by atoms with van der Waals surface area (Å²) in [5.41, 5.74) is 0.00665. The predicted molar refractivity (Wildman–Crippen MR) is 89.2 cm³/mol. The second kappa shape index (κ2) is 6.49. The van der Waals surface area contributed by atoms with Crippen molar-refractivity contribution in [3.05, 3.63) is 42.0 Å². The van der Waals surface area contributed by atoms with E-state index >= 15 is 0 Å². The van der Waals surface area contributed by atoms with Gasteiger partial charge in [0.25, 0.3) is 0 Å². The Balaban J connectivity index is 1.55. The summed E-state index contributed by atoms with van der Waals surface area (Å²) in [6, 6.07) is 4.20. The normalized spacial score (nSPS) is 19.1. The van der Waals surface area contributed by atoms with E-state index in [1.54, 1.807) is 6.26 Å². The first kappa shape index (κ1) is 16.3. The fourth-order valence-corrected chi connectivity index (χ4v) is 2.92. The summed E-state index contributed by atoms with van der Waals surface area (Å²) in [6.45, 7) is 13.6. The minimum absolute atomic E-state index is 0.00665. The highest BCUT2D eigenvalue weighted by Gasteiger charge is 2.27. The topological polar surface area (TPSA) is 45.7 Å². The zero-order valence-electron chi connectivity index (χ0n) is 14.6.